The van der Waals surface area contributed by atoms with Crippen LogP contribution in [0.1, 0.15) is 31.7 Å². The van der Waals surface area contributed by atoms with Crippen molar-refractivity contribution in [1.82, 2.24) is 0 Å². The van der Waals surface area contributed by atoms with Gasteiger partial charge in [-0.2, -0.15) is 0 Å². The maximum absolute atomic E-state index is 11.7. The van der Waals surface area contributed by atoms with E-state index in [0.29, 0.717) is 6.42 Å². The molecule has 1 N–H and O–H groups in total. The van der Waals surface area contributed by atoms with Crippen LogP contribution in [-0.2, 0) is 11.3 Å². The van der Waals surface area contributed by atoms with Gasteiger partial charge in [-0.15, -0.1) is 0 Å². The zero-order valence-electron chi connectivity index (χ0n) is 13.4. The molecule has 0 spiro atoms. The predicted octanol–water partition coefficient (Wildman–Crippen LogP) is 4.45. The van der Waals surface area contributed by atoms with Gasteiger partial charge in [-0.25, -0.2) is 0 Å². The lowest BCUT2D eigenvalue weighted by Gasteiger charge is -2.19. The molecule has 22 heavy (non-hydrogen) atoms. The topological polar surface area (TPSA) is 32.3 Å². The summed E-state index contributed by atoms with van der Waals surface area (Å²) in [5, 5.41) is 2.94. The molecule has 116 valence electrons. The first kappa shape index (κ1) is 16.1. The van der Waals surface area contributed by atoms with Crippen molar-refractivity contribution in [3.05, 3.63) is 60.2 Å². The Morgan fingerprint density at radius 2 is 1.73 bits per heavy atom. The highest BCUT2D eigenvalue weighted by molar-refractivity contribution is 5.90. The fourth-order valence-corrected chi connectivity index (χ4v) is 2.31. The van der Waals surface area contributed by atoms with Gasteiger partial charge in [-0.1, -0.05) is 43.7 Å². The third-order valence-electron chi connectivity index (χ3n) is 3.61. The number of benzene rings is 2. The fraction of sp³-hybridized carbons (Fsp3) is 0.316. The van der Waals surface area contributed by atoms with Crippen molar-refractivity contribution in [2.24, 2.45) is 0 Å². The largest absolute Gasteiger partial charge is 0.370 e. The molecule has 0 saturated carbocycles. The number of anilines is 2. The summed E-state index contributed by atoms with van der Waals surface area (Å²) >= 11 is 0. The smallest absolute Gasteiger partial charge is 0.224 e. The molecule has 0 unspecified atom stereocenters. The molecule has 0 aliphatic carbocycles. The first-order valence-electron chi connectivity index (χ1n) is 7.84. The summed E-state index contributed by atoms with van der Waals surface area (Å²) in [5.41, 5.74) is 3.27. The van der Waals surface area contributed by atoms with Gasteiger partial charge in [0.05, 0.1) is 0 Å². The third-order valence-corrected chi connectivity index (χ3v) is 3.61. The summed E-state index contributed by atoms with van der Waals surface area (Å²) in [6.07, 6.45) is 2.56. The van der Waals surface area contributed by atoms with E-state index in [1.165, 1.54) is 5.56 Å². The Bertz CT molecular complexity index is 578. The molecule has 2 rings (SSSR count). The highest BCUT2D eigenvalue weighted by Crippen LogP contribution is 2.19. The minimum atomic E-state index is 0.0900. The number of hydrogen-bond acceptors (Lipinski definition) is 2. The van der Waals surface area contributed by atoms with Crippen LogP contribution in [0.5, 0.6) is 0 Å². The molecule has 2 aromatic rings. The number of carbonyl (C=O) groups excluding carboxylic acids is 1. The summed E-state index contributed by atoms with van der Waals surface area (Å²) in [5.74, 6) is 0.0900. The Kier molecular flexibility index (Phi) is 6.01. The molecule has 0 saturated heterocycles. The molecular weight excluding hydrogens is 272 g/mol. The van der Waals surface area contributed by atoms with Gasteiger partial charge in [0, 0.05) is 31.4 Å². The first-order valence-corrected chi connectivity index (χ1v) is 7.84. The normalized spacial score (nSPS) is 10.3. The van der Waals surface area contributed by atoms with Crippen LogP contribution in [0.15, 0.2) is 54.6 Å². The van der Waals surface area contributed by atoms with E-state index in [1.54, 1.807) is 0 Å². The van der Waals surface area contributed by atoms with Crippen LogP contribution in [0.4, 0.5) is 11.4 Å². The fourth-order valence-electron chi connectivity index (χ4n) is 2.31. The van der Waals surface area contributed by atoms with Gasteiger partial charge in [0.1, 0.15) is 0 Å². The monoisotopic (exact) mass is 296 g/mol. The number of hydrogen-bond donors (Lipinski definition) is 1. The van der Waals surface area contributed by atoms with Crippen LogP contribution < -0.4 is 10.2 Å². The van der Waals surface area contributed by atoms with Crippen molar-refractivity contribution in [1.29, 1.82) is 0 Å². The zero-order valence-corrected chi connectivity index (χ0v) is 13.4. The van der Waals surface area contributed by atoms with Gasteiger partial charge in [0.25, 0.3) is 0 Å². The molecule has 0 fully saturated rings. The molecule has 3 nitrogen and oxygen atoms in total. The van der Waals surface area contributed by atoms with Crippen LogP contribution in [0.2, 0.25) is 0 Å². The molecule has 0 aromatic heterocycles. The lowest BCUT2D eigenvalue weighted by atomic mass is 10.2. The summed E-state index contributed by atoms with van der Waals surface area (Å²) in [4.78, 5) is 13.9. The van der Waals surface area contributed by atoms with E-state index in [1.807, 2.05) is 30.3 Å². The van der Waals surface area contributed by atoms with E-state index in [9.17, 15) is 4.79 Å². The third kappa shape index (κ3) is 4.92. The van der Waals surface area contributed by atoms with Crippen LogP contribution >= 0.6 is 0 Å². The minimum Gasteiger partial charge on any atom is -0.370 e. The predicted molar refractivity (Wildman–Crippen MR) is 93.1 cm³/mol. The van der Waals surface area contributed by atoms with Crippen molar-refractivity contribution in [3.8, 4) is 0 Å². The number of unbranched alkanes of at least 4 members (excludes halogenated alkanes) is 1. The number of nitrogens with zero attached hydrogens (tertiary/aromatic N) is 1. The van der Waals surface area contributed by atoms with Gasteiger partial charge < -0.3 is 10.2 Å². The number of carbonyl (C=O) groups is 1. The maximum Gasteiger partial charge on any atom is 0.224 e. The highest BCUT2D eigenvalue weighted by atomic mass is 16.1. The number of amides is 1. The second-order valence-corrected chi connectivity index (χ2v) is 5.54. The summed E-state index contributed by atoms with van der Waals surface area (Å²) < 4.78 is 0. The Labute approximate surface area is 133 Å². The lowest BCUT2D eigenvalue weighted by Crippen LogP contribution is -2.16. The summed E-state index contributed by atoms with van der Waals surface area (Å²) in [6, 6.07) is 18.4. The van der Waals surface area contributed by atoms with E-state index < -0.39 is 0 Å². The average Bonchev–Trinajstić information content (AvgIpc) is 2.54. The van der Waals surface area contributed by atoms with E-state index in [-0.39, 0.29) is 5.91 Å². The Balaban J connectivity index is 1.92. The van der Waals surface area contributed by atoms with Gasteiger partial charge in [-0.3, -0.25) is 4.79 Å². The van der Waals surface area contributed by atoms with Crippen molar-refractivity contribution in [2.75, 3.05) is 17.3 Å². The van der Waals surface area contributed by atoms with Gasteiger partial charge in [0.2, 0.25) is 5.91 Å². The van der Waals surface area contributed by atoms with Crippen molar-refractivity contribution < 1.29 is 4.79 Å². The van der Waals surface area contributed by atoms with E-state index in [4.69, 9.17) is 0 Å². The van der Waals surface area contributed by atoms with E-state index in [2.05, 4.69) is 48.5 Å². The first-order chi connectivity index (χ1) is 10.7. The molecule has 3 heteroatoms. The van der Waals surface area contributed by atoms with Gasteiger partial charge in [0.15, 0.2) is 0 Å². The minimum absolute atomic E-state index is 0.0900. The molecule has 2 aromatic carbocycles. The van der Waals surface area contributed by atoms with Crippen LogP contribution in [-0.4, -0.2) is 13.0 Å². The van der Waals surface area contributed by atoms with Crippen molar-refractivity contribution in [3.63, 3.8) is 0 Å². The molecule has 0 aliphatic heterocycles. The second kappa shape index (κ2) is 8.23. The summed E-state index contributed by atoms with van der Waals surface area (Å²) in [7, 11) is 2.07. The van der Waals surface area contributed by atoms with Gasteiger partial charge >= 0.3 is 0 Å². The molecular formula is C19H24N2O. The van der Waals surface area contributed by atoms with E-state index in [0.717, 1.165) is 30.8 Å². The SMILES string of the molecule is CCCCC(=O)Nc1ccc(N(C)Cc2ccccc2)cc1. The lowest BCUT2D eigenvalue weighted by molar-refractivity contribution is -0.116. The second-order valence-electron chi connectivity index (χ2n) is 5.54. The van der Waals surface area contributed by atoms with Gasteiger partial charge in [-0.05, 0) is 36.2 Å². The molecule has 0 bridgehead atoms. The van der Waals surface area contributed by atoms with E-state index >= 15 is 0 Å². The Morgan fingerprint density at radius 1 is 1.05 bits per heavy atom. The zero-order chi connectivity index (χ0) is 15.8. The molecule has 0 radical (unpaired) electrons. The standard InChI is InChI=1S/C19H24N2O/c1-3-4-10-19(22)20-17-11-13-18(14-12-17)21(2)15-16-8-6-5-7-9-16/h5-9,11-14H,3-4,10,15H2,1-2H3,(H,20,22). The average molecular weight is 296 g/mol. The Hall–Kier alpha value is -2.29. The quantitative estimate of drug-likeness (QED) is 0.818. The highest BCUT2D eigenvalue weighted by Gasteiger charge is 2.04. The Morgan fingerprint density at radius 3 is 2.36 bits per heavy atom. The van der Waals surface area contributed by atoms with Crippen LogP contribution in [0, 0.1) is 0 Å². The van der Waals surface area contributed by atoms with Crippen LogP contribution in [0.3, 0.4) is 0 Å². The van der Waals surface area contributed by atoms with Crippen LogP contribution in [0.25, 0.3) is 0 Å². The molecule has 0 aliphatic rings. The number of nitrogens with one attached hydrogen (secondary N) is 1. The molecule has 1 amide bonds. The van der Waals surface area contributed by atoms with Crippen molar-refractivity contribution >= 4 is 17.3 Å². The number of rotatable bonds is 7. The van der Waals surface area contributed by atoms with Crippen molar-refractivity contribution in [2.45, 2.75) is 32.7 Å². The molecule has 0 atom stereocenters. The summed E-state index contributed by atoms with van der Waals surface area (Å²) in [6.45, 7) is 2.95. The maximum atomic E-state index is 11.7. The molecule has 0 heterocycles.